The molecule has 1 unspecified atom stereocenters. The van der Waals surface area contributed by atoms with Gasteiger partial charge < -0.3 is 4.74 Å². The summed E-state index contributed by atoms with van der Waals surface area (Å²) in [5, 5.41) is 2.43. The van der Waals surface area contributed by atoms with Gasteiger partial charge in [0.25, 0.3) is 0 Å². The van der Waals surface area contributed by atoms with Crippen molar-refractivity contribution in [2.45, 2.75) is 12.3 Å². The molecule has 0 amide bonds. The zero-order valence-corrected chi connectivity index (χ0v) is 6.84. The largest absolute Gasteiger partial charge is 0.393 e. The Kier molecular flexibility index (Phi) is 1.65. The van der Waals surface area contributed by atoms with Crippen LogP contribution in [0.1, 0.15) is 17.3 Å². The van der Waals surface area contributed by atoms with Gasteiger partial charge in [0.1, 0.15) is 10.9 Å². The van der Waals surface area contributed by atoms with Crippen molar-refractivity contribution < 1.29 is 14.3 Å². The zero-order valence-electron chi connectivity index (χ0n) is 6.02. The van der Waals surface area contributed by atoms with Gasteiger partial charge in [-0.15, -0.1) is 11.3 Å². The van der Waals surface area contributed by atoms with Gasteiger partial charge >= 0.3 is 11.9 Å². The maximum Gasteiger partial charge on any atom is 0.324 e. The molecule has 0 saturated carbocycles. The lowest BCUT2D eigenvalue weighted by molar-refractivity contribution is -0.152. The fourth-order valence-corrected chi connectivity index (χ4v) is 1.80. The third kappa shape index (κ3) is 1.12. The Bertz CT molecular complexity index is 319. The van der Waals surface area contributed by atoms with E-state index in [0.29, 0.717) is 5.01 Å². The predicted octanol–water partition coefficient (Wildman–Crippen LogP) is 0.700. The van der Waals surface area contributed by atoms with E-state index in [1.807, 2.05) is 0 Å². The molecule has 1 aromatic rings. The number of esters is 2. The topological polar surface area (TPSA) is 56.3 Å². The molecular formula is C7H5NO3S. The van der Waals surface area contributed by atoms with Crippen LogP contribution in [0.3, 0.4) is 0 Å². The summed E-state index contributed by atoms with van der Waals surface area (Å²) < 4.78 is 4.39. The van der Waals surface area contributed by atoms with Crippen LogP contribution in [0, 0.1) is 0 Å². The molecule has 1 aliphatic rings. The number of thiazole rings is 1. The van der Waals surface area contributed by atoms with Gasteiger partial charge in [0, 0.05) is 11.6 Å². The summed E-state index contributed by atoms with van der Waals surface area (Å²) in [6, 6.07) is 0. The summed E-state index contributed by atoms with van der Waals surface area (Å²) in [6.07, 6.45) is 1.74. The second-order valence-corrected chi connectivity index (χ2v) is 3.35. The summed E-state index contributed by atoms with van der Waals surface area (Å²) >= 11 is 1.36. The average molecular weight is 183 g/mol. The lowest BCUT2D eigenvalue weighted by Gasteiger charge is -1.96. The van der Waals surface area contributed by atoms with Crippen molar-refractivity contribution in [1.82, 2.24) is 4.98 Å². The van der Waals surface area contributed by atoms with E-state index in [1.165, 1.54) is 11.3 Å². The van der Waals surface area contributed by atoms with Gasteiger partial charge in [-0.3, -0.25) is 9.59 Å². The molecule has 0 spiro atoms. The van der Waals surface area contributed by atoms with Crippen LogP contribution in [0.5, 0.6) is 0 Å². The number of carbonyl (C=O) groups is 2. The van der Waals surface area contributed by atoms with E-state index in [1.54, 1.807) is 11.6 Å². The molecule has 0 aromatic carbocycles. The van der Waals surface area contributed by atoms with Gasteiger partial charge in [-0.2, -0.15) is 0 Å². The number of aromatic nitrogens is 1. The van der Waals surface area contributed by atoms with Crippen molar-refractivity contribution >= 4 is 23.3 Å². The van der Waals surface area contributed by atoms with Crippen LogP contribution in [0.15, 0.2) is 11.6 Å². The van der Waals surface area contributed by atoms with E-state index in [-0.39, 0.29) is 6.42 Å². The molecule has 0 N–H and O–H groups in total. The highest BCUT2D eigenvalue weighted by atomic mass is 32.1. The van der Waals surface area contributed by atoms with E-state index in [2.05, 4.69) is 9.72 Å². The molecular weight excluding hydrogens is 178 g/mol. The minimum absolute atomic E-state index is 0.131. The molecule has 1 atom stereocenters. The summed E-state index contributed by atoms with van der Waals surface area (Å²) in [5.74, 6) is -1.40. The van der Waals surface area contributed by atoms with Gasteiger partial charge in [-0.05, 0) is 0 Å². The van der Waals surface area contributed by atoms with Gasteiger partial charge in [-0.25, -0.2) is 4.98 Å². The summed E-state index contributed by atoms with van der Waals surface area (Å²) in [5.41, 5.74) is 0. The van der Waals surface area contributed by atoms with Gasteiger partial charge in [-0.1, -0.05) is 0 Å². The maximum absolute atomic E-state index is 11.0. The van der Waals surface area contributed by atoms with Crippen molar-refractivity contribution in [2.75, 3.05) is 0 Å². The number of carbonyl (C=O) groups excluding carboxylic acids is 2. The molecule has 12 heavy (non-hydrogen) atoms. The summed E-state index contributed by atoms with van der Waals surface area (Å²) in [4.78, 5) is 25.6. The van der Waals surface area contributed by atoms with E-state index in [0.717, 1.165) is 0 Å². The van der Waals surface area contributed by atoms with Crippen LogP contribution < -0.4 is 0 Å². The molecule has 62 valence electrons. The molecule has 1 saturated heterocycles. The standard InChI is InChI=1S/C7H5NO3S/c9-5-3-4(7(10)11-5)6-8-1-2-12-6/h1-2,4H,3H2. The van der Waals surface area contributed by atoms with Crippen molar-refractivity contribution in [3.8, 4) is 0 Å². The van der Waals surface area contributed by atoms with E-state index in [4.69, 9.17) is 0 Å². The van der Waals surface area contributed by atoms with Crippen LogP contribution in [0.2, 0.25) is 0 Å². The first-order chi connectivity index (χ1) is 5.77. The summed E-state index contributed by atoms with van der Waals surface area (Å²) in [7, 11) is 0. The first kappa shape index (κ1) is 7.42. The Morgan fingerprint density at radius 1 is 1.58 bits per heavy atom. The van der Waals surface area contributed by atoms with Crippen LogP contribution in [-0.4, -0.2) is 16.9 Å². The maximum atomic E-state index is 11.0. The quantitative estimate of drug-likeness (QED) is 0.475. The number of cyclic esters (lactones) is 2. The number of hydrogen-bond donors (Lipinski definition) is 0. The van der Waals surface area contributed by atoms with E-state index >= 15 is 0 Å². The minimum Gasteiger partial charge on any atom is -0.393 e. The Balaban J connectivity index is 2.26. The number of rotatable bonds is 1. The first-order valence-electron chi connectivity index (χ1n) is 3.41. The van der Waals surface area contributed by atoms with Gasteiger partial charge in [0.2, 0.25) is 0 Å². The molecule has 0 radical (unpaired) electrons. The SMILES string of the molecule is O=C1CC(c2nccs2)C(=O)O1. The normalized spacial score (nSPS) is 22.8. The van der Waals surface area contributed by atoms with E-state index < -0.39 is 17.9 Å². The molecule has 2 heterocycles. The third-order valence-electron chi connectivity index (χ3n) is 1.62. The fraction of sp³-hybridized carbons (Fsp3) is 0.286. The molecule has 0 aliphatic carbocycles. The van der Waals surface area contributed by atoms with Crippen LogP contribution in [0.4, 0.5) is 0 Å². The molecule has 5 heteroatoms. The monoisotopic (exact) mass is 183 g/mol. The van der Waals surface area contributed by atoms with Crippen molar-refractivity contribution in [3.05, 3.63) is 16.6 Å². The molecule has 0 bridgehead atoms. The Labute approximate surface area is 72.2 Å². The number of hydrogen-bond acceptors (Lipinski definition) is 5. The fourth-order valence-electron chi connectivity index (χ4n) is 1.07. The molecule has 1 aromatic heterocycles. The second-order valence-electron chi connectivity index (χ2n) is 2.42. The lowest BCUT2D eigenvalue weighted by Crippen LogP contribution is -2.04. The highest BCUT2D eigenvalue weighted by Gasteiger charge is 2.36. The Morgan fingerprint density at radius 2 is 2.42 bits per heavy atom. The molecule has 2 rings (SSSR count). The Hall–Kier alpha value is -1.23. The van der Waals surface area contributed by atoms with Crippen LogP contribution >= 0.6 is 11.3 Å². The number of ether oxygens (including phenoxy) is 1. The summed E-state index contributed by atoms with van der Waals surface area (Å²) in [6.45, 7) is 0. The highest BCUT2D eigenvalue weighted by molar-refractivity contribution is 7.09. The third-order valence-corrected chi connectivity index (χ3v) is 2.51. The molecule has 4 nitrogen and oxygen atoms in total. The molecule has 1 aliphatic heterocycles. The van der Waals surface area contributed by atoms with Gasteiger partial charge in [0.15, 0.2) is 0 Å². The van der Waals surface area contributed by atoms with Crippen molar-refractivity contribution in [1.29, 1.82) is 0 Å². The average Bonchev–Trinajstić information content (AvgIpc) is 2.58. The number of nitrogens with zero attached hydrogens (tertiary/aromatic N) is 1. The zero-order chi connectivity index (χ0) is 8.55. The second kappa shape index (κ2) is 2.67. The van der Waals surface area contributed by atoms with Crippen molar-refractivity contribution in [3.63, 3.8) is 0 Å². The molecule has 1 fully saturated rings. The minimum atomic E-state index is -0.477. The van der Waals surface area contributed by atoms with Crippen LogP contribution in [0.25, 0.3) is 0 Å². The predicted molar refractivity (Wildman–Crippen MR) is 40.6 cm³/mol. The lowest BCUT2D eigenvalue weighted by atomic mass is 10.1. The van der Waals surface area contributed by atoms with E-state index in [9.17, 15) is 9.59 Å². The first-order valence-corrected chi connectivity index (χ1v) is 4.29. The smallest absolute Gasteiger partial charge is 0.324 e. The van der Waals surface area contributed by atoms with Crippen LogP contribution in [-0.2, 0) is 14.3 Å². The highest BCUT2D eigenvalue weighted by Crippen LogP contribution is 2.28. The van der Waals surface area contributed by atoms with Crippen molar-refractivity contribution in [2.24, 2.45) is 0 Å². The van der Waals surface area contributed by atoms with Gasteiger partial charge in [0.05, 0.1) is 6.42 Å². The Morgan fingerprint density at radius 3 is 2.92 bits per heavy atom.